The zero-order valence-electron chi connectivity index (χ0n) is 13.4. The van der Waals surface area contributed by atoms with Crippen molar-refractivity contribution >= 4 is 23.1 Å². The summed E-state index contributed by atoms with van der Waals surface area (Å²) in [6.45, 7) is 21.2. The number of hydrogen-bond donors (Lipinski definition) is 0. The molecule has 0 heterocycles. The van der Waals surface area contributed by atoms with Crippen LogP contribution in [0, 0.1) is 10.8 Å². The van der Waals surface area contributed by atoms with Crippen LogP contribution in [-0.2, 0) is 0 Å². The van der Waals surface area contributed by atoms with E-state index in [1.165, 1.54) is 0 Å². The van der Waals surface area contributed by atoms with Crippen molar-refractivity contribution in [2.45, 2.75) is 55.4 Å². The first-order valence-electron chi connectivity index (χ1n) is 6.39. The number of rotatable bonds is 4. The molecule has 0 fully saturated rings. The standard InChI is InChI=1S/2C7H16N.Mg/c2*1-5-8-6-7(2,3)4;/h2*5-6H2,1-4H3;/q2*-1;+2. The Hall–Kier alpha value is 0.686. The van der Waals surface area contributed by atoms with Gasteiger partial charge in [0.15, 0.2) is 0 Å². The first-order valence-corrected chi connectivity index (χ1v) is 6.39. The normalized spacial score (nSPS) is 11.3. The molecule has 17 heavy (non-hydrogen) atoms. The van der Waals surface area contributed by atoms with E-state index in [-0.39, 0.29) is 23.1 Å². The van der Waals surface area contributed by atoms with Gasteiger partial charge in [0.1, 0.15) is 0 Å². The summed E-state index contributed by atoms with van der Waals surface area (Å²) in [5.41, 5.74) is 0.770. The molecule has 0 saturated heterocycles. The van der Waals surface area contributed by atoms with Gasteiger partial charge in [0.2, 0.25) is 0 Å². The predicted molar refractivity (Wildman–Crippen MR) is 82.2 cm³/mol. The summed E-state index contributed by atoms with van der Waals surface area (Å²) in [7, 11) is 0. The van der Waals surface area contributed by atoms with Gasteiger partial charge in [-0.2, -0.15) is 13.1 Å². The van der Waals surface area contributed by atoms with Crippen LogP contribution < -0.4 is 0 Å². The maximum absolute atomic E-state index is 4.24. The second-order valence-corrected chi connectivity index (χ2v) is 6.52. The van der Waals surface area contributed by atoms with Crippen molar-refractivity contribution in [3.8, 4) is 0 Å². The zero-order chi connectivity index (χ0) is 13.2. The van der Waals surface area contributed by atoms with Gasteiger partial charge < -0.3 is 10.6 Å². The molecule has 0 saturated carbocycles. The van der Waals surface area contributed by atoms with Crippen molar-refractivity contribution in [3.05, 3.63) is 10.6 Å². The number of hydrogen-bond acceptors (Lipinski definition) is 0. The Kier molecular flexibility index (Phi) is 15.8. The Bertz CT molecular complexity index is 127. The molecule has 0 aliphatic heterocycles. The Morgan fingerprint density at radius 3 is 0.941 bits per heavy atom. The third-order valence-corrected chi connectivity index (χ3v) is 1.62. The van der Waals surface area contributed by atoms with Gasteiger partial charge in [0.05, 0.1) is 0 Å². The molecule has 0 bridgehead atoms. The minimum absolute atomic E-state index is 0. The second-order valence-electron chi connectivity index (χ2n) is 6.52. The third kappa shape index (κ3) is 31.5. The maximum atomic E-state index is 4.24. The van der Waals surface area contributed by atoms with Gasteiger partial charge in [-0.15, -0.1) is 13.1 Å². The van der Waals surface area contributed by atoms with Gasteiger partial charge in [-0.1, -0.05) is 66.2 Å². The van der Waals surface area contributed by atoms with Crippen molar-refractivity contribution < 1.29 is 0 Å². The molecule has 2 nitrogen and oxygen atoms in total. The van der Waals surface area contributed by atoms with Crippen LogP contribution in [0.1, 0.15) is 55.4 Å². The fourth-order valence-corrected chi connectivity index (χ4v) is 0.894. The molecule has 0 aromatic carbocycles. The minimum atomic E-state index is 0. The first kappa shape index (κ1) is 22.8. The quantitative estimate of drug-likeness (QED) is 0.661. The summed E-state index contributed by atoms with van der Waals surface area (Å²) < 4.78 is 0. The molecule has 0 aliphatic carbocycles. The van der Waals surface area contributed by atoms with E-state index in [1.54, 1.807) is 0 Å². The van der Waals surface area contributed by atoms with Crippen molar-refractivity contribution in [1.29, 1.82) is 0 Å². The van der Waals surface area contributed by atoms with E-state index in [2.05, 4.69) is 66.0 Å². The van der Waals surface area contributed by atoms with Crippen LogP contribution in [0.3, 0.4) is 0 Å². The van der Waals surface area contributed by atoms with Gasteiger partial charge in [0, 0.05) is 0 Å². The molecule has 0 rings (SSSR count). The molecule has 0 aromatic rings. The SMILES string of the molecule is CC[N-]CC(C)(C)C.CC[N-]CC(C)(C)C.[Mg+2]. The van der Waals surface area contributed by atoms with Crippen LogP contribution in [0.4, 0.5) is 0 Å². The van der Waals surface area contributed by atoms with Gasteiger partial charge in [0.25, 0.3) is 0 Å². The van der Waals surface area contributed by atoms with Gasteiger partial charge >= 0.3 is 23.1 Å². The molecule has 0 aromatic heterocycles. The summed E-state index contributed by atoms with van der Waals surface area (Å²) in [5.74, 6) is 0. The Labute approximate surface area is 126 Å². The molecular weight excluding hydrogens is 220 g/mol. The minimum Gasteiger partial charge on any atom is -0.662 e. The van der Waals surface area contributed by atoms with E-state index in [0.29, 0.717) is 10.8 Å². The van der Waals surface area contributed by atoms with Crippen LogP contribution >= 0.6 is 0 Å². The molecule has 3 heteroatoms. The monoisotopic (exact) mass is 252 g/mol. The van der Waals surface area contributed by atoms with E-state index >= 15 is 0 Å². The summed E-state index contributed by atoms with van der Waals surface area (Å²) in [6.07, 6.45) is 0. The summed E-state index contributed by atoms with van der Waals surface area (Å²) in [4.78, 5) is 0. The molecular formula is C14H32MgN2. The molecule has 0 N–H and O–H groups in total. The van der Waals surface area contributed by atoms with E-state index in [9.17, 15) is 0 Å². The predicted octanol–water partition coefficient (Wildman–Crippen LogP) is 4.47. The van der Waals surface area contributed by atoms with Crippen LogP contribution in [0.15, 0.2) is 0 Å². The van der Waals surface area contributed by atoms with Crippen molar-refractivity contribution in [2.24, 2.45) is 10.8 Å². The molecule has 0 amide bonds. The Morgan fingerprint density at radius 1 is 0.647 bits per heavy atom. The van der Waals surface area contributed by atoms with E-state index in [0.717, 1.165) is 26.2 Å². The van der Waals surface area contributed by atoms with E-state index in [4.69, 9.17) is 0 Å². The van der Waals surface area contributed by atoms with Crippen LogP contribution in [0.2, 0.25) is 0 Å². The van der Waals surface area contributed by atoms with Crippen LogP contribution in [-0.4, -0.2) is 49.2 Å². The van der Waals surface area contributed by atoms with Crippen LogP contribution in [0.25, 0.3) is 10.6 Å². The third-order valence-electron chi connectivity index (χ3n) is 1.62. The largest absolute Gasteiger partial charge is 2.00 e. The molecule has 0 aliphatic rings. The fraction of sp³-hybridized carbons (Fsp3) is 1.00. The van der Waals surface area contributed by atoms with Gasteiger partial charge in [-0.25, -0.2) is 0 Å². The van der Waals surface area contributed by atoms with Crippen molar-refractivity contribution in [3.63, 3.8) is 0 Å². The van der Waals surface area contributed by atoms with Crippen molar-refractivity contribution in [1.82, 2.24) is 0 Å². The first-order chi connectivity index (χ1) is 7.12. The average Bonchev–Trinajstić information content (AvgIpc) is 2.10. The Morgan fingerprint density at radius 2 is 0.882 bits per heavy atom. The average molecular weight is 253 g/mol. The second kappa shape index (κ2) is 11.8. The smallest absolute Gasteiger partial charge is 0.662 e. The molecule has 0 atom stereocenters. The summed E-state index contributed by atoms with van der Waals surface area (Å²) in [6, 6.07) is 0. The van der Waals surface area contributed by atoms with Gasteiger partial charge in [-0.05, 0) is 0 Å². The number of nitrogens with zero attached hydrogens (tertiary/aromatic N) is 2. The maximum Gasteiger partial charge on any atom is 2.00 e. The molecule has 100 valence electrons. The van der Waals surface area contributed by atoms with E-state index < -0.39 is 0 Å². The zero-order valence-corrected chi connectivity index (χ0v) is 14.8. The summed E-state index contributed by atoms with van der Waals surface area (Å²) >= 11 is 0. The topological polar surface area (TPSA) is 28.2 Å². The fourth-order valence-electron chi connectivity index (χ4n) is 0.894. The summed E-state index contributed by atoms with van der Waals surface area (Å²) in [5, 5.41) is 8.49. The van der Waals surface area contributed by atoms with Crippen molar-refractivity contribution in [2.75, 3.05) is 26.2 Å². The van der Waals surface area contributed by atoms with E-state index in [1.807, 2.05) is 0 Å². The Balaban J connectivity index is -0.000000218. The van der Waals surface area contributed by atoms with Crippen LogP contribution in [0.5, 0.6) is 0 Å². The molecule has 0 unspecified atom stereocenters. The van der Waals surface area contributed by atoms with Gasteiger partial charge in [-0.3, -0.25) is 0 Å². The molecule has 0 radical (unpaired) electrons. The molecule has 0 spiro atoms.